The first-order chi connectivity index (χ1) is 8.06. The van der Waals surface area contributed by atoms with Gasteiger partial charge in [-0.25, -0.2) is 4.79 Å². The molecule has 1 N–H and O–H groups in total. The minimum absolute atomic E-state index is 0.0559. The number of carbonyl (C=O) groups is 1. The summed E-state index contributed by atoms with van der Waals surface area (Å²) >= 11 is 3.22. The van der Waals surface area contributed by atoms with Crippen LogP contribution in [0.5, 0.6) is 0 Å². The van der Waals surface area contributed by atoms with Crippen molar-refractivity contribution in [2.24, 2.45) is 0 Å². The van der Waals surface area contributed by atoms with Crippen LogP contribution in [0.1, 0.15) is 6.42 Å². The number of hydrogen-bond acceptors (Lipinski definition) is 3. The highest BCUT2D eigenvalue weighted by Crippen LogP contribution is 2.19. The second-order valence-electron chi connectivity index (χ2n) is 3.25. The van der Waals surface area contributed by atoms with Crippen LogP contribution in [0.15, 0.2) is 24.3 Å². The number of hydrogen-bond donors (Lipinski definition) is 1. The first-order valence-electron chi connectivity index (χ1n) is 4.87. The second kappa shape index (κ2) is 6.19. The number of halogens is 1. The molecule has 7 heteroatoms. The molecule has 0 saturated heterocycles. The Morgan fingerprint density at radius 3 is 2.41 bits per heavy atom. The maximum atomic E-state index is 11.0. The van der Waals surface area contributed by atoms with Crippen molar-refractivity contribution in [1.29, 1.82) is 0 Å². The molecule has 0 saturated carbocycles. The number of nitro groups is 1. The zero-order valence-corrected chi connectivity index (χ0v) is 10.5. The van der Waals surface area contributed by atoms with E-state index in [0.29, 0.717) is 24.0 Å². The maximum Gasteiger partial charge on any atom is 0.411 e. The summed E-state index contributed by atoms with van der Waals surface area (Å²) in [5.41, 5.74) is 0.378. The topological polar surface area (TPSA) is 83.7 Å². The molecule has 0 unspecified atom stereocenters. The number of non-ortho nitro benzene ring substituents is 1. The van der Waals surface area contributed by atoms with Gasteiger partial charge in [-0.3, -0.25) is 15.0 Å². The number of amides is 1. The van der Waals surface area contributed by atoms with Crippen molar-refractivity contribution in [2.45, 2.75) is 6.42 Å². The number of nitrogens with zero attached hydrogens (tertiary/aromatic N) is 2. The van der Waals surface area contributed by atoms with Crippen LogP contribution >= 0.6 is 15.9 Å². The molecular weight excluding hydrogens is 292 g/mol. The molecule has 0 aliphatic heterocycles. The molecule has 1 rings (SSSR count). The SMILES string of the molecule is O=C(O)N(CCCBr)c1ccc([N+](=O)[O-])cc1. The lowest BCUT2D eigenvalue weighted by Gasteiger charge is -2.18. The third-order valence-corrected chi connectivity index (χ3v) is 2.68. The maximum absolute atomic E-state index is 11.0. The van der Waals surface area contributed by atoms with Gasteiger partial charge >= 0.3 is 6.09 Å². The lowest BCUT2D eigenvalue weighted by Crippen LogP contribution is -2.30. The Morgan fingerprint density at radius 1 is 1.41 bits per heavy atom. The van der Waals surface area contributed by atoms with Crippen LogP contribution in [0.2, 0.25) is 0 Å². The monoisotopic (exact) mass is 302 g/mol. The summed E-state index contributed by atoms with van der Waals surface area (Å²) in [5.74, 6) is 0. The molecule has 0 radical (unpaired) electrons. The van der Waals surface area contributed by atoms with Crippen molar-refractivity contribution in [3.63, 3.8) is 0 Å². The molecule has 0 heterocycles. The molecule has 1 aromatic carbocycles. The van der Waals surface area contributed by atoms with Gasteiger partial charge in [0.05, 0.1) is 4.92 Å². The van der Waals surface area contributed by atoms with Gasteiger partial charge in [0.25, 0.3) is 5.69 Å². The van der Waals surface area contributed by atoms with Gasteiger partial charge in [0.2, 0.25) is 0 Å². The Labute approximate surface area is 106 Å². The standard InChI is InChI=1S/C10H11BrN2O4/c11-6-1-7-12(10(14)15)8-2-4-9(5-3-8)13(16)17/h2-5H,1,6-7H2,(H,14,15). The lowest BCUT2D eigenvalue weighted by molar-refractivity contribution is -0.384. The van der Waals surface area contributed by atoms with E-state index in [0.717, 1.165) is 4.90 Å². The Kier molecular flexibility index (Phi) is 4.89. The normalized spacial score (nSPS) is 9.94. The largest absolute Gasteiger partial charge is 0.465 e. The van der Waals surface area contributed by atoms with Crippen LogP contribution in [0.3, 0.4) is 0 Å². The molecule has 6 nitrogen and oxygen atoms in total. The molecule has 92 valence electrons. The van der Waals surface area contributed by atoms with Gasteiger partial charge in [0.1, 0.15) is 0 Å². The van der Waals surface area contributed by atoms with Gasteiger partial charge in [-0.1, -0.05) is 15.9 Å². The zero-order valence-electron chi connectivity index (χ0n) is 8.88. The fourth-order valence-corrected chi connectivity index (χ4v) is 1.56. The summed E-state index contributed by atoms with van der Waals surface area (Å²) in [4.78, 5) is 22.1. The fraction of sp³-hybridized carbons (Fsp3) is 0.300. The number of alkyl halides is 1. The van der Waals surface area contributed by atoms with Crippen LogP contribution < -0.4 is 4.90 Å². The Bertz CT molecular complexity index is 407. The number of nitro benzene ring substituents is 1. The van der Waals surface area contributed by atoms with E-state index < -0.39 is 11.0 Å². The van der Waals surface area contributed by atoms with Crippen molar-refractivity contribution in [3.8, 4) is 0 Å². The average molecular weight is 303 g/mol. The van der Waals surface area contributed by atoms with Gasteiger partial charge in [0, 0.05) is 29.7 Å². The van der Waals surface area contributed by atoms with E-state index >= 15 is 0 Å². The first-order valence-corrected chi connectivity index (χ1v) is 5.99. The third kappa shape index (κ3) is 3.70. The number of carboxylic acid groups (broad SMARTS) is 1. The molecule has 1 amide bonds. The number of rotatable bonds is 5. The van der Waals surface area contributed by atoms with Crippen LogP contribution in [-0.4, -0.2) is 28.0 Å². The van der Waals surface area contributed by atoms with Gasteiger partial charge < -0.3 is 5.11 Å². The van der Waals surface area contributed by atoms with E-state index in [-0.39, 0.29) is 5.69 Å². The van der Waals surface area contributed by atoms with Gasteiger partial charge in [-0.15, -0.1) is 0 Å². The van der Waals surface area contributed by atoms with Crippen molar-refractivity contribution in [2.75, 3.05) is 16.8 Å². The fourth-order valence-electron chi connectivity index (χ4n) is 1.31. The summed E-state index contributed by atoms with van der Waals surface area (Å²) < 4.78 is 0. The van der Waals surface area contributed by atoms with E-state index in [1.54, 1.807) is 0 Å². The summed E-state index contributed by atoms with van der Waals surface area (Å²) in [7, 11) is 0. The summed E-state index contributed by atoms with van der Waals surface area (Å²) in [5, 5.41) is 20.2. The lowest BCUT2D eigenvalue weighted by atomic mass is 10.2. The quantitative estimate of drug-likeness (QED) is 0.515. The zero-order chi connectivity index (χ0) is 12.8. The molecular formula is C10H11BrN2O4. The molecule has 17 heavy (non-hydrogen) atoms. The van der Waals surface area contributed by atoms with Crippen LogP contribution in [0.25, 0.3) is 0 Å². The minimum Gasteiger partial charge on any atom is -0.465 e. The van der Waals surface area contributed by atoms with Gasteiger partial charge in [-0.2, -0.15) is 0 Å². The molecule has 0 aliphatic rings. The molecule has 0 aliphatic carbocycles. The highest BCUT2D eigenvalue weighted by atomic mass is 79.9. The molecule has 0 spiro atoms. The van der Waals surface area contributed by atoms with Crippen molar-refractivity contribution < 1.29 is 14.8 Å². The van der Waals surface area contributed by atoms with Crippen LogP contribution in [0, 0.1) is 10.1 Å². The summed E-state index contributed by atoms with van der Waals surface area (Å²) in [6, 6.07) is 5.44. The van der Waals surface area contributed by atoms with Gasteiger partial charge in [-0.05, 0) is 18.6 Å². The molecule has 1 aromatic rings. The minimum atomic E-state index is -1.07. The van der Waals surface area contributed by atoms with Crippen LogP contribution in [-0.2, 0) is 0 Å². The highest BCUT2D eigenvalue weighted by Gasteiger charge is 2.14. The smallest absolute Gasteiger partial charge is 0.411 e. The second-order valence-corrected chi connectivity index (χ2v) is 4.04. The first kappa shape index (κ1) is 13.4. The number of anilines is 1. The summed E-state index contributed by atoms with van der Waals surface area (Å²) in [6.45, 7) is 0.346. The van der Waals surface area contributed by atoms with E-state index in [2.05, 4.69) is 15.9 Å². The van der Waals surface area contributed by atoms with Crippen molar-refractivity contribution >= 4 is 33.4 Å². The van der Waals surface area contributed by atoms with E-state index in [1.807, 2.05) is 0 Å². The number of benzene rings is 1. The predicted molar refractivity (Wildman–Crippen MR) is 66.9 cm³/mol. The Hall–Kier alpha value is -1.63. The Morgan fingerprint density at radius 2 is 2.00 bits per heavy atom. The van der Waals surface area contributed by atoms with Gasteiger partial charge in [0.15, 0.2) is 0 Å². The van der Waals surface area contributed by atoms with E-state index in [9.17, 15) is 14.9 Å². The molecule has 0 aromatic heterocycles. The predicted octanol–water partition coefficient (Wildman–Crippen LogP) is 2.86. The summed E-state index contributed by atoms with van der Waals surface area (Å²) in [6.07, 6.45) is -0.400. The van der Waals surface area contributed by atoms with E-state index in [4.69, 9.17) is 5.11 Å². The molecule has 0 fully saturated rings. The van der Waals surface area contributed by atoms with Crippen molar-refractivity contribution in [1.82, 2.24) is 0 Å². The van der Waals surface area contributed by atoms with E-state index in [1.165, 1.54) is 24.3 Å². The third-order valence-electron chi connectivity index (χ3n) is 2.12. The van der Waals surface area contributed by atoms with Crippen molar-refractivity contribution in [3.05, 3.63) is 34.4 Å². The molecule has 0 atom stereocenters. The Balaban J connectivity index is 2.87. The average Bonchev–Trinajstić information content (AvgIpc) is 2.29. The van der Waals surface area contributed by atoms with Crippen LogP contribution in [0.4, 0.5) is 16.2 Å². The molecule has 0 bridgehead atoms. The highest BCUT2D eigenvalue weighted by molar-refractivity contribution is 9.09.